The van der Waals surface area contributed by atoms with E-state index >= 15 is 0 Å². The number of aryl methyl sites for hydroxylation is 1. The highest BCUT2D eigenvalue weighted by Crippen LogP contribution is 2.27. The molecule has 3 rings (SSSR count). The van der Waals surface area contributed by atoms with Crippen molar-refractivity contribution in [3.8, 4) is 5.75 Å². The normalized spacial score (nSPS) is 13.7. The van der Waals surface area contributed by atoms with Crippen molar-refractivity contribution in [2.45, 2.75) is 12.8 Å². The largest absolute Gasteiger partial charge is 0.492 e. The molecular formula is C18H19BrN2O4S. The Hall–Kier alpha value is -2.06. The predicted molar refractivity (Wildman–Crippen MR) is 105 cm³/mol. The Labute approximate surface area is 161 Å². The molecule has 0 radical (unpaired) electrons. The Morgan fingerprint density at radius 3 is 2.73 bits per heavy atom. The number of nitrogens with one attached hydrogen (secondary N) is 1. The molecule has 8 heteroatoms. The third-order valence-corrected chi connectivity index (χ3v) is 5.72. The van der Waals surface area contributed by atoms with Crippen LogP contribution in [0.5, 0.6) is 5.75 Å². The van der Waals surface area contributed by atoms with E-state index in [2.05, 4.69) is 21.2 Å². The van der Waals surface area contributed by atoms with Gasteiger partial charge in [0.05, 0.1) is 18.5 Å². The second-order valence-electron chi connectivity index (χ2n) is 6.03. The van der Waals surface area contributed by atoms with Gasteiger partial charge in [-0.3, -0.25) is 9.10 Å². The summed E-state index contributed by atoms with van der Waals surface area (Å²) in [5.74, 6) is 0.673. The van der Waals surface area contributed by atoms with Crippen molar-refractivity contribution in [2.75, 3.05) is 29.0 Å². The predicted octanol–water partition coefficient (Wildman–Crippen LogP) is 3.18. The van der Waals surface area contributed by atoms with E-state index in [1.165, 1.54) is 10.6 Å². The molecule has 0 aliphatic carbocycles. The molecule has 138 valence electrons. The highest BCUT2D eigenvalue weighted by atomic mass is 79.9. The van der Waals surface area contributed by atoms with Gasteiger partial charge in [-0.2, -0.15) is 0 Å². The molecular weight excluding hydrogens is 420 g/mol. The van der Waals surface area contributed by atoms with Crippen LogP contribution in [0.2, 0.25) is 0 Å². The summed E-state index contributed by atoms with van der Waals surface area (Å²) in [5.41, 5.74) is 2.41. The van der Waals surface area contributed by atoms with Crippen molar-refractivity contribution < 1.29 is 17.9 Å². The van der Waals surface area contributed by atoms with E-state index in [4.69, 9.17) is 4.74 Å². The lowest BCUT2D eigenvalue weighted by molar-refractivity contribution is -0.116. The van der Waals surface area contributed by atoms with Crippen molar-refractivity contribution in [1.82, 2.24) is 0 Å². The van der Waals surface area contributed by atoms with Crippen LogP contribution in [0.4, 0.5) is 11.4 Å². The van der Waals surface area contributed by atoms with Gasteiger partial charge in [0.25, 0.3) is 0 Å². The number of sulfonamides is 1. The first-order valence-electron chi connectivity index (χ1n) is 8.12. The van der Waals surface area contributed by atoms with Crippen LogP contribution in [0.15, 0.2) is 46.9 Å². The van der Waals surface area contributed by atoms with Gasteiger partial charge in [0.1, 0.15) is 12.4 Å². The van der Waals surface area contributed by atoms with Crippen molar-refractivity contribution in [1.29, 1.82) is 0 Å². The Balaban J connectivity index is 1.68. The Kier molecular flexibility index (Phi) is 5.52. The van der Waals surface area contributed by atoms with E-state index in [1.54, 1.807) is 24.3 Å². The molecule has 0 fully saturated rings. The van der Waals surface area contributed by atoms with Crippen LogP contribution >= 0.6 is 15.9 Å². The summed E-state index contributed by atoms with van der Waals surface area (Å²) in [7, 11) is -3.42. The minimum Gasteiger partial charge on any atom is -0.492 e. The number of ether oxygens (including phenoxy) is 1. The number of carbonyl (C=O) groups is 1. The lowest BCUT2D eigenvalue weighted by Crippen LogP contribution is -2.33. The summed E-state index contributed by atoms with van der Waals surface area (Å²) in [5, 5.41) is 2.82. The number of hydrogen-bond acceptors (Lipinski definition) is 4. The molecule has 1 aliphatic rings. The van der Waals surface area contributed by atoms with Gasteiger partial charge in [-0.15, -0.1) is 0 Å². The molecule has 2 aromatic rings. The number of amides is 1. The number of anilines is 2. The molecule has 0 spiro atoms. The van der Waals surface area contributed by atoms with Crippen molar-refractivity contribution in [2.24, 2.45) is 0 Å². The van der Waals surface area contributed by atoms with Crippen LogP contribution in [0.25, 0.3) is 0 Å². The number of benzene rings is 2. The Morgan fingerprint density at radius 1 is 1.19 bits per heavy atom. The van der Waals surface area contributed by atoms with Crippen LogP contribution in [0.3, 0.4) is 0 Å². The SMILES string of the molecule is CS(=O)(=O)N(CCOc1ccc2c(c1)CCC(=O)N2)c1cccc(Br)c1. The Morgan fingerprint density at radius 2 is 2.00 bits per heavy atom. The Bertz CT molecular complexity index is 931. The summed E-state index contributed by atoms with van der Waals surface area (Å²) in [6, 6.07) is 12.6. The fourth-order valence-corrected chi connectivity index (χ4v) is 4.10. The summed E-state index contributed by atoms with van der Waals surface area (Å²) >= 11 is 3.36. The molecule has 1 heterocycles. The minimum atomic E-state index is -3.42. The van der Waals surface area contributed by atoms with E-state index in [1.807, 2.05) is 18.2 Å². The molecule has 1 amide bonds. The highest BCUT2D eigenvalue weighted by Gasteiger charge is 2.18. The van der Waals surface area contributed by atoms with Crippen LogP contribution < -0.4 is 14.4 Å². The van der Waals surface area contributed by atoms with Gasteiger partial charge in [-0.25, -0.2) is 8.42 Å². The average Bonchev–Trinajstić information content (AvgIpc) is 2.57. The molecule has 0 bridgehead atoms. The molecule has 0 atom stereocenters. The van der Waals surface area contributed by atoms with E-state index in [0.717, 1.165) is 15.7 Å². The molecule has 0 saturated heterocycles. The molecule has 0 unspecified atom stereocenters. The summed E-state index contributed by atoms with van der Waals surface area (Å²) in [6.45, 7) is 0.411. The zero-order chi connectivity index (χ0) is 18.7. The van der Waals surface area contributed by atoms with Gasteiger partial charge >= 0.3 is 0 Å². The molecule has 26 heavy (non-hydrogen) atoms. The fourth-order valence-electron chi connectivity index (χ4n) is 2.81. The van der Waals surface area contributed by atoms with Gasteiger partial charge in [0.2, 0.25) is 15.9 Å². The molecule has 1 N–H and O–H groups in total. The first-order chi connectivity index (χ1) is 12.3. The van der Waals surface area contributed by atoms with E-state index in [0.29, 0.717) is 24.3 Å². The standard InChI is InChI=1S/C18H19BrN2O4S/c1-26(23,24)21(15-4-2-3-14(19)12-15)9-10-25-16-6-7-17-13(11-16)5-8-18(22)20-17/h2-4,6-7,11-12H,5,8-10H2,1H3,(H,20,22). The van der Waals surface area contributed by atoms with E-state index in [9.17, 15) is 13.2 Å². The number of nitrogens with zero attached hydrogens (tertiary/aromatic N) is 1. The topological polar surface area (TPSA) is 75.7 Å². The number of hydrogen-bond donors (Lipinski definition) is 1. The van der Waals surface area contributed by atoms with E-state index < -0.39 is 10.0 Å². The summed E-state index contributed by atoms with van der Waals surface area (Å²) in [6.07, 6.45) is 2.31. The maximum atomic E-state index is 12.1. The summed E-state index contributed by atoms with van der Waals surface area (Å²) < 4.78 is 32.1. The minimum absolute atomic E-state index is 0.0176. The quantitative estimate of drug-likeness (QED) is 0.751. The number of fused-ring (bicyclic) bond motifs is 1. The van der Waals surface area contributed by atoms with Crippen molar-refractivity contribution >= 4 is 43.2 Å². The monoisotopic (exact) mass is 438 g/mol. The first-order valence-corrected chi connectivity index (χ1v) is 10.8. The van der Waals surface area contributed by atoms with Crippen LogP contribution in [-0.4, -0.2) is 33.7 Å². The molecule has 1 aliphatic heterocycles. The fraction of sp³-hybridized carbons (Fsp3) is 0.278. The molecule has 0 aromatic heterocycles. The van der Waals surface area contributed by atoms with Gasteiger partial charge in [0, 0.05) is 16.6 Å². The third kappa shape index (κ3) is 4.56. The molecule has 2 aromatic carbocycles. The maximum absolute atomic E-state index is 12.1. The third-order valence-electron chi connectivity index (χ3n) is 4.03. The van der Waals surface area contributed by atoms with Gasteiger partial charge < -0.3 is 10.1 Å². The second kappa shape index (κ2) is 7.67. The smallest absolute Gasteiger partial charge is 0.232 e. The highest BCUT2D eigenvalue weighted by molar-refractivity contribution is 9.10. The van der Waals surface area contributed by atoms with E-state index in [-0.39, 0.29) is 19.1 Å². The lowest BCUT2D eigenvalue weighted by Gasteiger charge is -2.23. The van der Waals surface area contributed by atoms with Crippen LogP contribution in [0, 0.1) is 0 Å². The number of carbonyl (C=O) groups excluding carboxylic acids is 1. The van der Waals surface area contributed by atoms with Gasteiger partial charge in [-0.05, 0) is 48.4 Å². The first kappa shape index (κ1) is 18.7. The van der Waals surface area contributed by atoms with Gasteiger partial charge in [-0.1, -0.05) is 22.0 Å². The summed E-state index contributed by atoms with van der Waals surface area (Å²) in [4.78, 5) is 11.4. The maximum Gasteiger partial charge on any atom is 0.232 e. The number of rotatable bonds is 6. The zero-order valence-electron chi connectivity index (χ0n) is 14.2. The lowest BCUT2D eigenvalue weighted by atomic mass is 10.0. The van der Waals surface area contributed by atoms with Crippen molar-refractivity contribution in [3.63, 3.8) is 0 Å². The van der Waals surface area contributed by atoms with Crippen LogP contribution in [0.1, 0.15) is 12.0 Å². The van der Waals surface area contributed by atoms with Gasteiger partial charge in [0.15, 0.2) is 0 Å². The average molecular weight is 439 g/mol. The molecule has 6 nitrogen and oxygen atoms in total. The van der Waals surface area contributed by atoms with Crippen LogP contribution in [-0.2, 0) is 21.2 Å². The second-order valence-corrected chi connectivity index (χ2v) is 8.85. The van der Waals surface area contributed by atoms with Crippen molar-refractivity contribution in [3.05, 3.63) is 52.5 Å². The molecule has 0 saturated carbocycles. The number of halogens is 1. The zero-order valence-corrected chi connectivity index (χ0v) is 16.6.